The Balaban J connectivity index is 1.79. The second kappa shape index (κ2) is 6.65. The zero-order valence-electron chi connectivity index (χ0n) is 11.8. The molecule has 1 aromatic heterocycles. The van der Waals surface area contributed by atoms with Gasteiger partial charge in [-0.05, 0) is 39.3 Å². The molecule has 19 heavy (non-hydrogen) atoms. The Bertz CT molecular complexity index is 411. The number of aromatic amines is 1. The monoisotopic (exact) mass is 265 g/mol. The van der Waals surface area contributed by atoms with Crippen LogP contribution < -0.4 is 5.32 Å². The van der Waals surface area contributed by atoms with Crippen molar-refractivity contribution in [1.82, 2.24) is 25.4 Å². The maximum atomic E-state index is 11.9. The van der Waals surface area contributed by atoms with Crippen LogP contribution in [0.4, 0.5) is 0 Å². The number of H-pyrrole nitrogens is 1. The van der Waals surface area contributed by atoms with Gasteiger partial charge in [0.25, 0.3) is 5.91 Å². The summed E-state index contributed by atoms with van der Waals surface area (Å²) in [5.41, 5.74) is 0. The molecule has 0 spiro atoms. The number of likely N-dealkylation sites (tertiary alicyclic amines) is 1. The van der Waals surface area contributed by atoms with Crippen molar-refractivity contribution < 1.29 is 4.79 Å². The van der Waals surface area contributed by atoms with E-state index in [0.717, 1.165) is 31.8 Å². The molecule has 2 N–H and O–H groups in total. The zero-order chi connectivity index (χ0) is 13.7. The molecule has 1 saturated heterocycles. The highest BCUT2D eigenvalue weighted by atomic mass is 16.2. The van der Waals surface area contributed by atoms with Crippen molar-refractivity contribution in [2.75, 3.05) is 19.6 Å². The molecule has 1 amide bonds. The number of nitrogens with one attached hydrogen (secondary N) is 2. The quantitative estimate of drug-likeness (QED) is 0.804. The first kappa shape index (κ1) is 14.0. The first-order valence-electron chi connectivity index (χ1n) is 7.14. The summed E-state index contributed by atoms with van der Waals surface area (Å²) in [6, 6.07) is 0.375. The predicted molar refractivity (Wildman–Crippen MR) is 73.0 cm³/mol. The maximum absolute atomic E-state index is 11.9. The van der Waals surface area contributed by atoms with Gasteiger partial charge < -0.3 is 5.32 Å². The van der Waals surface area contributed by atoms with E-state index >= 15 is 0 Å². The van der Waals surface area contributed by atoms with E-state index in [1.54, 1.807) is 0 Å². The van der Waals surface area contributed by atoms with Crippen molar-refractivity contribution in [2.45, 2.75) is 45.6 Å². The maximum Gasteiger partial charge on any atom is 0.291 e. The molecule has 0 aromatic carbocycles. The third kappa shape index (κ3) is 3.76. The summed E-state index contributed by atoms with van der Waals surface area (Å²) >= 11 is 0. The van der Waals surface area contributed by atoms with Gasteiger partial charge in [-0.25, -0.2) is 4.98 Å². The Morgan fingerprint density at radius 2 is 2.21 bits per heavy atom. The summed E-state index contributed by atoms with van der Waals surface area (Å²) in [5, 5.41) is 9.65. The number of aromatic nitrogens is 3. The Labute approximate surface area is 114 Å². The lowest BCUT2D eigenvalue weighted by atomic mass is 10.3. The summed E-state index contributed by atoms with van der Waals surface area (Å²) in [6.45, 7) is 7.14. The highest BCUT2D eigenvalue weighted by molar-refractivity contribution is 5.90. The molecule has 1 fully saturated rings. The third-order valence-electron chi connectivity index (χ3n) is 3.54. The van der Waals surface area contributed by atoms with E-state index in [4.69, 9.17) is 0 Å². The average molecular weight is 265 g/mol. The summed E-state index contributed by atoms with van der Waals surface area (Å²) in [7, 11) is 0. The van der Waals surface area contributed by atoms with Crippen LogP contribution in [0.2, 0.25) is 0 Å². The first-order chi connectivity index (χ1) is 9.20. The summed E-state index contributed by atoms with van der Waals surface area (Å²) < 4.78 is 0. The topological polar surface area (TPSA) is 73.9 Å². The van der Waals surface area contributed by atoms with Crippen LogP contribution in [-0.2, 0) is 6.42 Å². The first-order valence-corrected chi connectivity index (χ1v) is 7.14. The van der Waals surface area contributed by atoms with E-state index < -0.39 is 0 Å². The lowest BCUT2D eigenvalue weighted by Crippen LogP contribution is -2.40. The molecule has 2 heterocycles. The molecule has 0 saturated carbocycles. The van der Waals surface area contributed by atoms with E-state index in [1.807, 2.05) is 0 Å². The lowest BCUT2D eigenvalue weighted by molar-refractivity contribution is 0.0930. The number of aryl methyl sites for hydroxylation is 1. The van der Waals surface area contributed by atoms with E-state index in [1.165, 1.54) is 12.8 Å². The molecule has 0 radical (unpaired) electrons. The van der Waals surface area contributed by atoms with Gasteiger partial charge in [0, 0.05) is 19.0 Å². The second-order valence-corrected chi connectivity index (χ2v) is 5.16. The van der Waals surface area contributed by atoms with Gasteiger partial charge in [0.2, 0.25) is 5.82 Å². The van der Waals surface area contributed by atoms with Crippen LogP contribution in [0, 0.1) is 0 Å². The Morgan fingerprint density at radius 1 is 1.47 bits per heavy atom. The molecule has 1 aromatic rings. The number of amides is 1. The highest BCUT2D eigenvalue weighted by Gasteiger charge is 2.19. The van der Waals surface area contributed by atoms with Gasteiger partial charge in [-0.3, -0.25) is 14.8 Å². The average Bonchev–Trinajstić information content (AvgIpc) is 3.06. The van der Waals surface area contributed by atoms with Crippen LogP contribution in [-0.4, -0.2) is 51.7 Å². The van der Waals surface area contributed by atoms with Crippen LogP contribution in [0.5, 0.6) is 0 Å². The second-order valence-electron chi connectivity index (χ2n) is 5.16. The Hall–Kier alpha value is -1.43. The van der Waals surface area contributed by atoms with Crippen LogP contribution in [0.15, 0.2) is 0 Å². The van der Waals surface area contributed by atoms with Crippen LogP contribution in [0.25, 0.3) is 0 Å². The summed E-state index contributed by atoms with van der Waals surface area (Å²) in [5.74, 6) is 0.835. The normalized spacial score (nSPS) is 17.6. The smallest absolute Gasteiger partial charge is 0.291 e. The SMILES string of the molecule is CCCc1nc(C(=O)NCC(C)N2CCCC2)n[nH]1. The van der Waals surface area contributed by atoms with Gasteiger partial charge >= 0.3 is 0 Å². The number of carbonyl (C=O) groups is 1. The molecule has 106 valence electrons. The van der Waals surface area contributed by atoms with Crippen LogP contribution in [0.1, 0.15) is 49.6 Å². The van der Waals surface area contributed by atoms with Crippen molar-refractivity contribution >= 4 is 5.91 Å². The van der Waals surface area contributed by atoms with Crippen LogP contribution in [0.3, 0.4) is 0 Å². The minimum atomic E-state index is -0.190. The van der Waals surface area contributed by atoms with E-state index in [9.17, 15) is 4.79 Å². The molecular weight excluding hydrogens is 242 g/mol. The zero-order valence-corrected chi connectivity index (χ0v) is 11.8. The molecule has 1 aliphatic rings. The Kier molecular flexibility index (Phi) is 4.90. The Morgan fingerprint density at radius 3 is 2.89 bits per heavy atom. The van der Waals surface area contributed by atoms with Gasteiger partial charge in [0.1, 0.15) is 5.82 Å². The molecule has 1 unspecified atom stereocenters. The highest BCUT2D eigenvalue weighted by Crippen LogP contribution is 2.10. The molecule has 0 bridgehead atoms. The number of hydrogen-bond donors (Lipinski definition) is 2. The summed E-state index contributed by atoms with van der Waals surface area (Å²) in [4.78, 5) is 18.5. The van der Waals surface area contributed by atoms with E-state index in [-0.39, 0.29) is 11.7 Å². The molecule has 6 nitrogen and oxygen atoms in total. The minimum Gasteiger partial charge on any atom is -0.348 e. The molecule has 1 aliphatic heterocycles. The number of carbonyl (C=O) groups excluding carboxylic acids is 1. The van der Waals surface area contributed by atoms with Gasteiger partial charge in [0.15, 0.2) is 0 Å². The van der Waals surface area contributed by atoms with Crippen molar-refractivity contribution in [3.8, 4) is 0 Å². The van der Waals surface area contributed by atoms with E-state index in [0.29, 0.717) is 12.6 Å². The number of nitrogens with zero attached hydrogens (tertiary/aromatic N) is 3. The predicted octanol–water partition coefficient (Wildman–Crippen LogP) is 0.971. The largest absolute Gasteiger partial charge is 0.348 e. The third-order valence-corrected chi connectivity index (χ3v) is 3.54. The lowest BCUT2D eigenvalue weighted by Gasteiger charge is -2.23. The van der Waals surface area contributed by atoms with Crippen molar-refractivity contribution in [2.24, 2.45) is 0 Å². The molecular formula is C13H23N5O. The van der Waals surface area contributed by atoms with E-state index in [2.05, 4.69) is 39.2 Å². The van der Waals surface area contributed by atoms with Crippen LogP contribution >= 0.6 is 0 Å². The van der Waals surface area contributed by atoms with Crippen molar-refractivity contribution in [3.05, 3.63) is 11.6 Å². The fourth-order valence-corrected chi connectivity index (χ4v) is 2.38. The molecule has 0 aliphatic carbocycles. The fourth-order valence-electron chi connectivity index (χ4n) is 2.38. The minimum absolute atomic E-state index is 0.190. The molecule has 6 heteroatoms. The summed E-state index contributed by atoms with van der Waals surface area (Å²) in [6.07, 6.45) is 4.34. The van der Waals surface area contributed by atoms with Gasteiger partial charge in [-0.15, -0.1) is 5.10 Å². The molecule has 1 atom stereocenters. The van der Waals surface area contributed by atoms with Gasteiger partial charge in [-0.2, -0.15) is 0 Å². The van der Waals surface area contributed by atoms with Crippen molar-refractivity contribution in [3.63, 3.8) is 0 Å². The molecule has 2 rings (SSSR count). The fraction of sp³-hybridized carbons (Fsp3) is 0.769. The number of hydrogen-bond acceptors (Lipinski definition) is 4. The van der Waals surface area contributed by atoms with Gasteiger partial charge in [-0.1, -0.05) is 6.92 Å². The number of rotatable bonds is 6. The van der Waals surface area contributed by atoms with Crippen molar-refractivity contribution in [1.29, 1.82) is 0 Å². The van der Waals surface area contributed by atoms with Gasteiger partial charge in [0.05, 0.1) is 0 Å². The standard InChI is InChI=1S/C13H23N5O/c1-3-6-11-15-12(17-16-11)13(19)14-9-10(2)18-7-4-5-8-18/h10H,3-9H2,1-2H3,(H,14,19)(H,15,16,17).